The highest BCUT2D eigenvalue weighted by molar-refractivity contribution is 6.20. The van der Waals surface area contributed by atoms with Gasteiger partial charge >= 0.3 is 0 Å². The van der Waals surface area contributed by atoms with Crippen molar-refractivity contribution in [2.24, 2.45) is 0 Å². The van der Waals surface area contributed by atoms with Gasteiger partial charge in [0, 0.05) is 38.6 Å². The van der Waals surface area contributed by atoms with Gasteiger partial charge in [0.2, 0.25) is 0 Å². The first kappa shape index (κ1) is 27.2. The molecule has 0 atom stereocenters. The fraction of sp³-hybridized carbons (Fsp3) is 0. The third-order valence-electron chi connectivity index (χ3n) is 11.0. The smallest absolute Gasteiger partial charge is 0.0629 e. The number of hydrogen-bond donors (Lipinski definition) is 0. The molecule has 11 aromatic rings. The fourth-order valence-electron chi connectivity index (χ4n) is 8.44. The molecule has 0 unspecified atom stereocenters. The van der Waals surface area contributed by atoms with E-state index in [0.717, 1.165) is 50.2 Å². The number of anilines is 3. The molecule has 0 saturated heterocycles. The van der Waals surface area contributed by atoms with E-state index < -0.39 is 6.04 Å². The van der Waals surface area contributed by atoms with Crippen LogP contribution in [0, 0.1) is 0 Å². The van der Waals surface area contributed by atoms with E-state index >= 15 is 0 Å². The normalized spacial score (nSPS) is 12.8. The average Bonchev–Trinajstić information content (AvgIpc) is 3.65. The molecule has 1 heterocycles. The van der Waals surface area contributed by atoms with Crippen molar-refractivity contribution in [1.82, 2.24) is 4.57 Å². The van der Waals surface area contributed by atoms with Crippen LogP contribution in [0.3, 0.4) is 0 Å². The Morgan fingerprint density at radius 3 is 1.88 bits per heavy atom. The van der Waals surface area contributed by atoms with Crippen molar-refractivity contribution in [2.75, 3.05) is 4.90 Å². The Morgan fingerprint density at radius 1 is 0.393 bits per heavy atom. The van der Waals surface area contributed by atoms with Crippen LogP contribution < -0.4 is 4.90 Å². The number of aromatic nitrogens is 1. The molecular weight excluding hydrogens is 677 g/mol. The molecule has 0 aliphatic heterocycles. The van der Waals surface area contributed by atoms with Crippen LogP contribution in [-0.4, -0.2) is 4.57 Å². The molecule has 2 nitrogen and oxygen atoms in total. The van der Waals surface area contributed by atoms with Crippen LogP contribution in [0.2, 0.25) is 0 Å². The van der Waals surface area contributed by atoms with Crippen molar-refractivity contribution < 1.29 is 6.85 Å². The summed E-state index contributed by atoms with van der Waals surface area (Å²) in [6.45, 7) is 0. The molecule has 2 heteroatoms. The molecule has 1 aromatic heterocycles. The van der Waals surface area contributed by atoms with E-state index in [4.69, 9.17) is 6.85 Å². The lowest BCUT2D eigenvalue weighted by atomic mass is 9.95. The van der Waals surface area contributed by atoms with Gasteiger partial charge in [-0.15, -0.1) is 0 Å². The second kappa shape index (κ2) is 13.2. The van der Waals surface area contributed by atoms with E-state index in [1.54, 1.807) is 0 Å². The first-order valence-electron chi connectivity index (χ1n) is 21.4. The predicted molar refractivity (Wildman–Crippen MR) is 239 cm³/mol. The summed E-state index contributed by atoms with van der Waals surface area (Å²) < 4.78 is 44.1. The van der Waals surface area contributed by atoms with Gasteiger partial charge in [0.1, 0.15) is 0 Å². The molecule has 0 saturated carbocycles. The monoisotopic (exact) mass is 717 g/mol. The maximum atomic E-state index is 8.56. The lowest BCUT2D eigenvalue weighted by molar-refractivity contribution is 1.19. The highest BCUT2D eigenvalue weighted by Gasteiger charge is 2.20. The second-order valence-electron chi connectivity index (χ2n) is 14.2. The summed E-state index contributed by atoms with van der Waals surface area (Å²) in [7, 11) is 0. The number of nitrogens with zero attached hydrogens (tertiary/aromatic N) is 2. The van der Waals surface area contributed by atoms with Crippen LogP contribution in [0.4, 0.5) is 17.1 Å². The molecule has 0 amide bonds. The van der Waals surface area contributed by atoms with Crippen LogP contribution in [0.15, 0.2) is 218 Å². The molecule has 0 N–H and O–H groups in total. The molecule has 0 spiro atoms. The zero-order chi connectivity index (χ0) is 41.4. The van der Waals surface area contributed by atoms with Crippen molar-refractivity contribution in [1.29, 1.82) is 0 Å². The SMILES string of the molecule is [2H]c1c([2H])c([2H])c(-c2ccc(N(c3ccccc3)c3ccc(-c4ccc5c(c4)c4ccc6ccccc6c4n5-c4ccc5ccccc5c4)c4ccccc34)cc2)c([2H])c1[2H]. The van der Waals surface area contributed by atoms with Crippen LogP contribution in [-0.2, 0) is 0 Å². The van der Waals surface area contributed by atoms with Crippen LogP contribution in [0.25, 0.3) is 82.1 Å². The molecule has 0 bridgehead atoms. The van der Waals surface area contributed by atoms with Crippen LogP contribution >= 0.6 is 0 Å². The van der Waals surface area contributed by atoms with Crippen LogP contribution in [0.5, 0.6) is 0 Å². The number of para-hydroxylation sites is 1. The zero-order valence-corrected chi connectivity index (χ0v) is 30.3. The summed E-state index contributed by atoms with van der Waals surface area (Å²) in [6, 6.07) is 64.4. The number of hydrogen-bond acceptors (Lipinski definition) is 1. The summed E-state index contributed by atoms with van der Waals surface area (Å²) in [5, 5.41) is 9.40. The molecule has 0 radical (unpaired) electrons. The van der Waals surface area contributed by atoms with E-state index in [1.807, 2.05) is 42.5 Å². The van der Waals surface area contributed by atoms with Crippen molar-refractivity contribution in [3.63, 3.8) is 0 Å². The van der Waals surface area contributed by atoms with Gasteiger partial charge in [0.05, 0.1) is 23.6 Å². The lowest BCUT2D eigenvalue weighted by Gasteiger charge is -2.27. The minimum absolute atomic E-state index is 0.184. The summed E-state index contributed by atoms with van der Waals surface area (Å²) in [6.07, 6.45) is 0. The summed E-state index contributed by atoms with van der Waals surface area (Å²) >= 11 is 0. The Hall–Kier alpha value is -7.42. The van der Waals surface area contributed by atoms with Gasteiger partial charge in [-0.3, -0.25) is 0 Å². The Labute approximate surface area is 332 Å². The minimum Gasteiger partial charge on any atom is -0.310 e. The largest absolute Gasteiger partial charge is 0.310 e. The Bertz CT molecular complexity index is 3510. The number of fused-ring (bicyclic) bond motifs is 7. The number of rotatable bonds is 6. The molecule has 0 aliphatic rings. The first-order chi connectivity index (χ1) is 29.9. The number of benzene rings is 10. The Kier molecular flexibility index (Phi) is 6.39. The third kappa shape index (κ3) is 5.26. The maximum absolute atomic E-state index is 8.56. The highest BCUT2D eigenvalue weighted by atomic mass is 15.1. The first-order valence-corrected chi connectivity index (χ1v) is 18.9. The van der Waals surface area contributed by atoms with E-state index in [9.17, 15) is 0 Å². The quantitative estimate of drug-likeness (QED) is 0.166. The van der Waals surface area contributed by atoms with Crippen molar-refractivity contribution in [3.8, 4) is 27.9 Å². The minimum atomic E-state index is -0.401. The summed E-state index contributed by atoms with van der Waals surface area (Å²) in [4.78, 5) is 2.21. The topological polar surface area (TPSA) is 8.17 Å². The zero-order valence-electron chi connectivity index (χ0n) is 35.3. The maximum Gasteiger partial charge on any atom is 0.0629 e. The van der Waals surface area contributed by atoms with Crippen molar-refractivity contribution in [2.45, 2.75) is 0 Å². The van der Waals surface area contributed by atoms with Gasteiger partial charge in [-0.05, 0) is 98.4 Å². The molecule has 11 rings (SSSR count). The van der Waals surface area contributed by atoms with E-state index in [2.05, 4.69) is 155 Å². The average molecular weight is 718 g/mol. The fourth-order valence-corrected chi connectivity index (χ4v) is 8.44. The lowest BCUT2D eigenvalue weighted by Crippen LogP contribution is -2.10. The molecule has 262 valence electrons. The van der Waals surface area contributed by atoms with E-state index in [-0.39, 0.29) is 29.7 Å². The van der Waals surface area contributed by atoms with Gasteiger partial charge in [0.25, 0.3) is 0 Å². The molecule has 10 aromatic carbocycles. The summed E-state index contributed by atoms with van der Waals surface area (Å²) in [5.41, 5.74) is 9.27. The van der Waals surface area contributed by atoms with Crippen molar-refractivity contribution in [3.05, 3.63) is 218 Å². The van der Waals surface area contributed by atoms with Gasteiger partial charge in [0.15, 0.2) is 0 Å². The molecule has 0 aliphatic carbocycles. The molecule has 56 heavy (non-hydrogen) atoms. The van der Waals surface area contributed by atoms with E-state index in [1.165, 1.54) is 37.8 Å². The highest BCUT2D eigenvalue weighted by Crippen LogP contribution is 2.44. The standard InChI is InChI=1S/C54H36N2/c1-3-13-37(14-4-1)39-23-28-44(29-24-39)55(43-18-5-2-6-19-43)52-34-32-46(48-21-11-12-22-49(48)52)42-27-33-53-51(36-42)50-31-26-40-16-9-10-20-47(40)54(50)56(53)45-30-25-38-15-7-8-17-41(38)35-45/h1-36H/i1D,3D,4D,13D,14D. The van der Waals surface area contributed by atoms with Crippen LogP contribution in [0.1, 0.15) is 6.85 Å². The van der Waals surface area contributed by atoms with Gasteiger partial charge in [-0.1, -0.05) is 164 Å². The van der Waals surface area contributed by atoms with E-state index in [0.29, 0.717) is 5.56 Å². The van der Waals surface area contributed by atoms with Crippen molar-refractivity contribution >= 4 is 71.2 Å². The Morgan fingerprint density at radius 2 is 1.05 bits per heavy atom. The third-order valence-corrected chi connectivity index (χ3v) is 11.0. The van der Waals surface area contributed by atoms with Gasteiger partial charge in [-0.25, -0.2) is 0 Å². The van der Waals surface area contributed by atoms with Gasteiger partial charge in [-0.2, -0.15) is 0 Å². The summed E-state index contributed by atoms with van der Waals surface area (Å²) in [5.74, 6) is 0. The Balaban J connectivity index is 1.08. The molecular formula is C54H36N2. The predicted octanol–water partition coefficient (Wildman–Crippen LogP) is 15.0. The molecule has 0 fully saturated rings. The van der Waals surface area contributed by atoms with Gasteiger partial charge < -0.3 is 9.47 Å². The second-order valence-corrected chi connectivity index (χ2v) is 14.2.